The number of carbonyl (C=O) groups is 1. The summed E-state index contributed by atoms with van der Waals surface area (Å²) in [5.74, 6) is -1.09. The van der Waals surface area contributed by atoms with Crippen LogP contribution < -0.4 is 0 Å². The summed E-state index contributed by atoms with van der Waals surface area (Å²) in [6, 6.07) is 9.40. The first-order valence-electron chi connectivity index (χ1n) is 6.69. The van der Waals surface area contributed by atoms with Crippen LogP contribution in [0.15, 0.2) is 30.3 Å². The lowest BCUT2D eigenvalue weighted by atomic mass is 10.2. The molecule has 0 unspecified atom stereocenters. The van der Waals surface area contributed by atoms with Gasteiger partial charge in [-0.2, -0.15) is 4.31 Å². The number of carboxylic acids is 1. The van der Waals surface area contributed by atoms with Crippen molar-refractivity contribution in [1.29, 1.82) is 0 Å². The minimum atomic E-state index is -3.41. The van der Waals surface area contributed by atoms with Crippen molar-refractivity contribution in [2.45, 2.75) is 32.7 Å². The molecule has 0 amide bonds. The standard InChI is InChI=1S/C14H21NO4S/c1-2-10-15(12-13-7-4-3-5-8-13)20(18,19)11-6-9-14(16)17/h3-5,7-8H,2,6,9-12H2,1H3,(H,16,17). The number of rotatable bonds is 9. The summed E-state index contributed by atoms with van der Waals surface area (Å²) < 4.78 is 25.9. The largest absolute Gasteiger partial charge is 0.481 e. The number of nitrogens with zero attached hydrogens (tertiary/aromatic N) is 1. The third-order valence-corrected chi connectivity index (χ3v) is 4.76. The molecule has 0 aliphatic carbocycles. The first-order valence-corrected chi connectivity index (χ1v) is 8.30. The average molecular weight is 299 g/mol. The maximum atomic E-state index is 12.2. The zero-order chi connectivity index (χ0) is 15.0. The number of carboxylic acid groups (broad SMARTS) is 1. The normalized spacial score (nSPS) is 11.7. The Bertz CT molecular complexity index is 513. The van der Waals surface area contributed by atoms with Crippen molar-refractivity contribution in [3.63, 3.8) is 0 Å². The third-order valence-electron chi connectivity index (χ3n) is 2.86. The Morgan fingerprint density at radius 1 is 1.25 bits per heavy atom. The van der Waals surface area contributed by atoms with Crippen LogP contribution in [0.25, 0.3) is 0 Å². The van der Waals surface area contributed by atoms with Gasteiger partial charge in [0.05, 0.1) is 5.75 Å². The lowest BCUT2D eigenvalue weighted by Gasteiger charge is -2.21. The highest BCUT2D eigenvalue weighted by Gasteiger charge is 2.21. The van der Waals surface area contributed by atoms with Crippen LogP contribution in [0, 0.1) is 0 Å². The Balaban J connectivity index is 2.70. The fraction of sp³-hybridized carbons (Fsp3) is 0.500. The van der Waals surface area contributed by atoms with Crippen molar-refractivity contribution >= 4 is 16.0 Å². The van der Waals surface area contributed by atoms with Gasteiger partial charge in [-0.3, -0.25) is 4.79 Å². The van der Waals surface area contributed by atoms with Crippen molar-refractivity contribution in [3.05, 3.63) is 35.9 Å². The molecule has 112 valence electrons. The first-order chi connectivity index (χ1) is 9.45. The molecule has 0 radical (unpaired) electrons. The predicted octanol–water partition coefficient (Wildman–Crippen LogP) is 2.09. The molecule has 1 rings (SSSR count). The van der Waals surface area contributed by atoms with Gasteiger partial charge in [0.15, 0.2) is 0 Å². The molecular formula is C14H21NO4S. The van der Waals surface area contributed by atoms with E-state index in [1.807, 2.05) is 37.3 Å². The average Bonchev–Trinajstić information content (AvgIpc) is 2.38. The van der Waals surface area contributed by atoms with Crippen molar-refractivity contribution < 1.29 is 18.3 Å². The molecule has 0 bridgehead atoms. The Hall–Kier alpha value is -1.40. The van der Waals surface area contributed by atoms with Gasteiger partial charge < -0.3 is 5.11 Å². The van der Waals surface area contributed by atoms with E-state index in [2.05, 4.69) is 0 Å². The number of hydrogen-bond acceptors (Lipinski definition) is 3. The second kappa shape index (κ2) is 8.01. The second-order valence-electron chi connectivity index (χ2n) is 4.63. The Morgan fingerprint density at radius 2 is 1.90 bits per heavy atom. The molecule has 0 aliphatic heterocycles. The fourth-order valence-electron chi connectivity index (χ4n) is 1.89. The molecule has 0 spiro atoms. The lowest BCUT2D eigenvalue weighted by Crippen LogP contribution is -2.33. The molecule has 1 aromatic carbocycles. The van der Waals surface area contributed by atoms with Crippen LogP contribution in [0.2, 0.25) is 0 Å². The summed E-state index contributed by atoms with van der Waals surface area (Å²) in [4.78, 5) is 10.5. The van der Waals surface area contributed by atoms with E-state index >= 15 is 0 Å². The highest BCUT2D eigenvalue weighted by atomic mass is 32.2. The van der Waals surface area contributed by atoms with E-state index in [0.29, 0.717) is 13.1 Å². The molecule has 0 aliphatic rings. The topological polar surface area (TPSA) is 74.7 Å². The van der Waals surface area contributed by atoms with Gasteiger partial charge in [0, 0.05) is 19.5 Å². The molecule has 6 heteroatoms. The van der Waals surface area contributed by atoms with E-state index in [1.165, 1.54) is 4.31 Å². The van der Waals surface area contributed by atoms with E-state index in [-0.39, 0.29) is 18.6 Å². The van der Waals surface area contributed by atoms with Crippen molar-refractivity contribution in [2.24, 2.45) is 0 Å². The molecule has 1 aromatic rings. The molecule has 20 heavy (non-hydrogen) atoms. The van der Waals surface area contributed by atoms with E-state index in [1.54, 1.807) is 0 Å². The van der Waals surface area contributed by atoms with Crippen LogP contribution in [0.1, 0.15) is 31.7 Å². The van der Waals surface area contributed by atoms with E-state index in [9.17, 15) is 13.2 Å². The Morgan fingerprint density at radius 3 is 2.45 bits per heavy atom. The number of aliphatic carboxylic acids is 1. The van der Waals surface area contributed by atoms with Gasteiger partial charge in [-0.1, -0.05) is 37.3 Å². The second-order valence-corrected chi connectivity index (χ2v) is 6.72. The maximum absolute atomic E-state index is 12.2. The molecule has 0 saturated heterocycles. The maximum Gasteiger partial charge on any atom is 0.303 e. The van der Waals surface area contributed by atoms with E-state index in [0.717, 1.165) is 12.0 Å². The summed E-state index contributed by atoms with van der Waals surface area (Å²) in [5.41, 5.74) is 0.933. The molecule has 0 atom stereocenters. The quantitative estimate of drug-likeness (QED) is 0.757. The smallest absolute Gasteiger partial charge is 0.303 e. The van der Waals surface area contributed by atoms with Gasteiger partial charge in [-0.25, -0.2) is 8.42 Å². The summed E-state index contributed by atoms with van der Waals surface area (Å²) in [6.45, 7) is 2.71. The minimum absolute atomic E-state index is 0.119. The molecule has 5 nitrogen and oxygen atoms in total. The van der Waals surface area contributed by atoms with E-state index in [4.69, 9.17) is 5.11 Å². The summed E-state index contributed by atoms with van der Waals surface area (Å²) in [7, 11) is -3.41. The van der Waals surface area contributed by atoms with Crippen LogP contribution in [0.4, 0.5) is 0 Å². The van der Waals surface area contributed by atoms with Crippen LogP contribution in [-0.4, -0.2) is 36.1 Å². The summed E-state index contributed by atoms with van der Waals surface area (Å²) in [5, 5.41) is 8.58. The zero-order valence-corrected chi connectivity index (χ0v) is 12.5. The third kappa shape index (κ3) is 5.71. The molecule has 0 fully saturated rings. The van der Waals surface area contributed by atoms with Gasteiger partial charge in [-0.15, -0.1) is 0 Å². The van der Waals surface area contributed by atoms with Crippen LogP contribution >= 0.6 is 0 Å². The van der Waals surface area contributed by atoms with Crippen LogP contribution in [0.3, 0.4) is 0 Å². The first kappa shape index (κ1) is 16.7. The van der Waals surface area contributed by atoms with Crippen molar-refractivity contribution in [3.8, 4) is 0 Å². The minimum Gasteiger partial charge on any atom is -0.481 e. The molecule has 0 heterocycles. The molecule has 0 aromatic heterocycles. The van der Waals surface area contributed by atoms with E-state index < -0.39 is 16.0 Å². The summed E-state index contributed by atoms with van der Waals surface area (Å²) in [6.07, 6.45) is 0.752. The lowest BCUT2D eigenvalue weighted by molar-refractivity contribution is -0.137. The van der Waals surface area contributed by atoms with Gasteiger partial charge in [0.1, 0.15) is 0 Å². The van der Waals surface area contributed by atoms with Crippen LogP contribution in [-0.2, 0) is 21.4 Å². The highest BCUT2D eigenvalue weighted by molar-refractivity contribution is 7.89. The monoisotopic (exact) mass is 299 g/mol. The van der Waals surface area contributed by atoms with Crippen molar-refractivity contribution in [1.82, 2.24) is 4.31 Å². The summed E-state index contributed by atoms with van der Waals surface area (Å²) >= 11 is 0. The predicted molar refractivity (Wildman–Crippen MR) is 77.8 cm³/mol. The molecule has 0 saturated carbocycles. The highest BCUT2D eigenvalue weighted by Crippen LogP contribution is 2.12. The Kier molecular flexibility index (Phi) is 6.67. The SMILES string of the molecule is CCCN(Cc1ccccc1)S(=O)(=O)CCCC(=O)O. The van der Waals surface area contributed by atoms with Gasteiger partial charge in [0.25, 0.3) is 0 Å². The van der Waals surface area contributed by atoms with Crippen molar-refractivity contribution in [2.75, 3.05) is 12.3 Å². The Labute approximate surface area is 120 Å². The van der Waals surface area contributed by atoms with Gasteiger partial charge >= 0.3 is 5.97 Å². The zero-order valence-electron chi connectivity index (χ0n) is 11.7. The fourth-order valence-corrected chi connectivity index (χ4v) is 3.46. The van der Waals surface area contributed by atoms with Gasteiger partial charge in [-0.05, 0) is 18.4 Å². The molecule has 1 N–H and O–H groups in total. The number of hydrogen-bond donors (Lipinski definition) is 1. The molecular weight excluding hydrogens is 278 g/mol. The number of benzene rings is 1. The van der Waals surface area contributed by atoms with Gasteiger partial charge in [0.2, 0.25) is 10.0 Å². The van der Waals surface area contributed by atoms with Crippen LogP contribution in [0.5, 0.6) is 0 Å². The number of sulfonamides is 1.